The third-order valence-electron chi connectivity index (χ3n) is 1.97. The van der Waals surface area contributed by atoms with Gasteiger partial charge in [-0.2, -0.15) is 0 Å². The fourth-order valence-corrected chi connectivity index (χ4v) is 1.81. The van der Waals surface area contributed by atoms with Gasteiger partial charge in [0.2, 0.25) is 5.13 Å². The molecular weight excluding hydrogens is 240 g/mol. The lowest BCUT2D eigenvalue weighted by molar-refractivity contribution is 0.102. The van der Waals surface area contributed by atoms with Gasteiger partial charge in [-0.05, 0) is 13.0 Å². The van der Waals surface area contributed by atoms with Crippen LogP contribution in [0.5, 0.6) is 0 Å². The standard InChI is InChI=1S/C9H10N6OS/c1-5-14-15-9(17-5)12-8(16)6-2-3-11-4-7(6)13-10/h2-4,13H,10H2,1H3,(H,12,15,16). The summed E-state index contributed by atoms with van der Waals surface area (Å²) in [5.74, 6) is 4.98. The fourth-order valence-electron chi connectivity index (χ4n) is 1.22. The van der Waals surface area contributed by atoms with Crippen LogP contribution in [0.4, 0.5) is 10.8 Å². The van der Waals surface area contributed by atoms with E-state index < -0.39 is 0 Å². The highest BCUT2D eigenvalue weighted by atomic mass is 32.1. The molecule has 4 N–H and O–H groups in total. The maximum atomic E-state index is 11.9. The zero-order valence-electron chi connectivity index (χ0n) is 8.97. The van der Waals surface area contributed by atoms with Gasteiger partial charge >= 0.3 is 0 Å². The Hall–Kier alpha value is -2.06. The Kier molecular flexibility index (Phi) is 3.26. The number of hydrazine groups is 1. The number of anilines is 2. The van der Waals surface area contributed by atoms with Crippen molar-refractivity contribution in [3.05, 3.63) is 29.0 Å². The van der Waals surface area contributed by atoms with Crippen LogP contribution in [-0.4, -0.2) is 21.1 Å². The molecule has 0 aliphatic rings. The molecule has 0 fully saturated rings. The number of rotatable bonds is 3. The third-order valence-corrected chi connectivity index (χ3v) is 2.72. The number of pyridine rings is 1. The van der Waals surface area contributed by atoms with Gasteiger partial charge < -0.3 is 5.43 Å². The van der Waals surface area contributed by atoms with Crippen molar-refractivity contribution in [1.82, 2.24) is 15.2 Å². The van der Waals surface area contributed by atoms with E-state index in [0.717, 1.165) is 5.01 Å². The second kappa shape index (κ2) is 4.85. The van der Waals surface area contributed by atoms with Crippen LogP contribution in [0.1, 0.15) is 15.4 Å². The molecule has 7 nitrogen and oxygen atoms in total. The Morgan fingerprint density at radius 3 is 2.94 bits per heavy atom. The highest BCUT2D eigenvalue weighted by Crippen LogP contribution is 2.17. The second-order valence-electron chi connectivity index (χ2n) is 3.15. The summed E-state index contributed by atoms with van der Waals surface area (Å²) in [6.07, 6.45) is 2.99. The molecular formula is C9H10N6OS. The number of carbonyl (C=O) groups is 1. The molecule has 0 bridgehead atoms. The summed E-state index contributed by atoms with van der Waals surface area (Å²) >= 11 is 1.30. The minimum absolute atomic E-state index is 0.309. The van der Waals surface area contributed by atoms with E-state index in [1.807, 2.05) is 6.92 Å². The summed E-state index contributed by atoms with van der Waals surface area (Å²) in [5.41, 5.74) is 3.26. The molecule has 0 aliphatic heterocycles. The first-order valence-electron chi connectivity index (χ1n) is 4.73. The van der Waals surface area contributed by atoms with Gasteiger partial charge in [0.05, 0.1) is 17.4 Å². The van der Waals surface area contributed by atoms with E-state index in [4.69, 9.17) is 5.84 Å². The summed E-state index contributed by atoms with van der Waals surface area (Å²) in [7, 11) is 0. The van der Waals surface area contributed by atoms with Crippen LogP contribution in [0, 0.1) is 6.92 Å². The van der Waals surface area contributed by atoms with Crippen molar-refractivity contribution in [2.45, 2.75) is 6.92 Å². The van der Waals surface area contributed by atoms with E-state index in [-0.39, 0.29) is 5.91 Å². The Bertz CT molecular complexity index is 540. The molecule has 88 valence electrons. The van der Waals surface area contributed by atoms with Crippen LogP contribution in [-0.2, 0) is 0 Å². The number of aryl methyl sites for hydroxylation is 1. The number of nitrogens with zero attached hydrogens (tertiary/aromatic N) is 3. The Balaban J connectivity index is 2.20. The van der Waals surface area contributed by atoms with Crippen molar-refractivity contribution >= 4 is 28.1 Å². The van der Waals surface area contributed by atoms with E-state index in [9.17, 15) is 4.79 Å². The van der Waals surface area contributed by atoms with Crippen molar-refractivity contribution in [3.8, 4) is 0 Å². The largest absolute Gasteiger partial charge is 0.322 e. The first-order chi connectivity index (χ1) is 8.20. The van der Waals surface area contributed by atoms with Crippen LogP contribution in [0.15, 0.2) is 18.5 Å². The average molecular weight is 250 g/mol. The van der Waals surface area contributed by atoms with Gasteiger partial charge in [0.25, 0.3) is 5.91 Å². The maximum absolute atomic E-state index is 11.9. The highest BCUT2D eigenvalue weighted by molar-refractivity contribution is 7.15. The minimum Gasteiger partial charge on any atom is -0.322 e. The van der Waals surface area contributed by atoms with E-state index in [0.29, 0.717) is 16.4 Å². The molecule has 0 radical (unpaired) electrons. The van der Waals surface area contributed by atoms with E-state index in [1.165, 1.54) is 23.7 Å². The van der Waals surface area contributed by atoms with Crippen molar-refractivity contribution in [1.29, 1.82) is 0 Å². The van der Waals surface area contributed by atoms with Gasteiger partial charge in [-0.3, -0.25) is 20.9 Å². The lowest BCUT2D eigenvalue weighted by Gasteiger charge is -2.06. The molecule has 0 saturated carbocycles. The van der Waals surface area contributed by atoms with E-state index >= 15 is 0 Å². The Morgan fingerprint density at radius 2 is 2.29 bits per heavy atom. The molecule has 0 aromatic carbocycles. The number of hydrogen-bond donors (Lipinski definition) is 3. The Labute approximate surface area is 101 Å². The molecule has 2 aromatic heterocycles. The molecule has 0 unspecified atom stereocenters. The zero-order valence-corrected chi connectivity index (χ0v) is 9.78. The number of nitrogen functional groups attached to an aromatic ring is 1. The van der Waals surface area contributed by atoms with Crippen LogP contribution in [0.25, 0.3) is 0 Å². The van der Waals surface area contributed by atoms with E-state index in [1.54, 1.807) is 6.07 Å². The quantitative estimate of drug-likeness (QED) is 0.549. The predicted octanol–water partition coefficient (Wildman–Crippen LogP) is 0.779. The summed E-state index contributed by atoms with van der Waals surface area (Å²) < 4.78 is 0. The smallest absolute Gasteiger partial charge is 0.259 e. The van der Waals surface area contributed by atoms with Crippen molar-refractivity contribution in [3.63, 3.8) is 0 Å². The van der Waals surface area contributed by atoms with Crippen molar-refractivity contribution < 1.29 is 4.79 Å². The average Bonchev–Trinajstić information content (AvgIpc) is 2.74. The van der Waals surface area contributed by atoms with Gasteiger partial charge in [0.15, 0.2) is 0 Å². The molecule has 8 heteroatoms. The second-order valence-corrected chi connectivity index (χ2v) is 4.33. The first kappa shape index (κ1) is 11.4. The topological polar surface area (TPSA) is 106 Å². The molecule has 1 amide bonds. The number of carbonyl (C=O) groups excluding carboxylic acids is 1. The van der Waals surface area contributed by atoms with Gasteiger partial charge in [-0.25, -0.2) is 0 Å². The summed E-state index contributed by atoms with van der Waals surface area (Å²) in [6, 6.07) is 1.57. The number of nitrogens with one attached hydrogen (secondary N) is 2. The third kappa shape index (κ3) is 2.55. The van der Waals surface area contributed by atoms with Gasteiger partial charge in [0, 0.05) is 6.20 Å². The lowest BCUT2D eigenvalue weighted by Crippen LogP contribution is -2.17. The monoisotopic (exact) mass is 250 g/mol. The number of nitrogens with two attached hydrogens (primary N) is 1. The molecule has 2 aromatic rings. The zero-order chi connectivity index (χ0) is 12.3. The van der Waals surface area contributed by atoms with E-state index in [2.05, 4.69) is 25.9 Å². The predicted molar refractivity (Wildman–Crippen MR) is 64.6 cm³/mol. The fraction of sp³-hybridized carbons (Fsp3) is 0.111. The highest BCUT2D eigenvalue weighted by Gasteiger charge is 2.12. The Morgan fingerprint density at radius 1 is 1.47 bits per heavy atom. The van der Waals surface area contributed by atoms with Crippen LogP contribution < -0.4 is 16.6 Å². The normalized spacial score (nSPS) is 10.0. The maximum Gasteiger partial charge on any atom is 0.259 e. The van der Waals surface area contributed by atoms with Gasteiger partial charge in [-0.15, -0.1) is 10.2 Å². The van der Waals surface area contributed by atoms with Crippen LogP contribution in [0.3, 0.4) is 0 Å². The van der Waals surface area contributed by atoms with Crippen LogP contribution >= 0.6 is 11.3 Å². The SMILES string of the molecule is Cc1nnc(NC(=O)c2ccncc2NN)s1. The molecule has 2 heterocycles. The minimum atomic E-state index is -0.309. The molecule has 0 saturated heterocycles. The summed E-state index contributed by atoms with van der Waals surface area (Å²) in [6.45, 7) is 1.81. The van der Waals surface area contributed by atoms with Gasteiger partial charge in [-0.1, -0.05) is 11.3 Å². The number of amides is 1. The first-order valence-corrected chi connectivity index (χ1v) is 5.54. The number of aromatic nitrogens is 3. The summed E-state index contributed by atoms with van der Waals surface area (Å²) in [4.78, 5) is 15.8. The number of hydrogen-bond acceptors (Lipinski definition) is 7. The van der Waals surface area contributed by atoms with Crippen molar-refractivity contribution in [2.24, 2.45) is 5.84 Å². The van der Waals surface area contributed by atoms with Crippen LogP contribution in [0.2, 0.25) is 0 Å². The molecule has 17 heavy (non-hydrogen) atoms. The van der Waals surface area contributed by atoms with Crippen molar-refractivity contribution in [2.75, 3.05) is 10.7 Å². The molecule has 0 spiro atoms. The molecule has 0 atom stereocenters. The molecule has 0 aliphatic carbocycles. The van der Waals surface area contributed by atoms with Gasteiger partial charge in [0.1, 0.15) is 5.01 Å². The summed E-state index contributed by atoms with van der Waals surface area (Å²) in [5, 5.41) is 11.5. The lowest BCUT2D eigenvalue weighted by atomic mass is 10.2. The molecule has 2 rings (SSSR count).